The summed E-state index contributed by atoms with van der Waals surface area (Å²) in [5.74, 6) is 0.766. The Morgan fingerprint density at radius 3 is 2.61 bits per heavy atom. The summed E-state index contributed by atoms with van der Waals surface area (Å²) in [5.41, 5.74) is 8.06. The molecule has 1 aromatic carbocycles. The van der Waals surface area contributed by atoms with Crippen LogP contribution < -0.4 is 10.5 Å². The maximum Gasteiger partial charge on any atom is 0.131 e. The van der Waals surface area contributed by atoms with Crippen molar-refractivity contribution >= 4 is 17.3 Å². The van der Waals surface area contributed by atoms with E-state index in [2.05, 4.69) is 5.10 Å². The predicted octanol–water partition coefficient (Wildman–Crippen LogP) is 3.03. The average Bonchev–Trinajstić information content (AvgIpc) is 2.65. The molecular weight excluding hydrogens is 250 g/mol. The van der Waals surface area contributed by atoms with E-state index in [1.54, 1.807) is 12.1 Å². The van der Waals surface area contributed by atoms with Gasteiger partial charge in [-0.3, -0.25) is 4.68 Å². The highest BCUT2D eigenvalue weighted by atomic mass is 35.5. The lowest BCUT2D eigenvalue weighted by atomic mass is 10.3. The summed E-state index contributed by atoms with van der Waals surface area (Å²) in [6, 6.07) is 7.28. The van der Waals surface area contributed by atoms with Crippen molar-refractivity contribution in [1.82, 2.24) is 9.78 Å². The third-order valence-electron chi connectivity index (χ3n) is 2.71. The third kappa shape index (κ3) is 2.59. The molecule has 0 spiro atoms. The molecule has 1 aromatic heterocycles. The third-order valence-corrected chi connectivity index (χ3v) is 3.20. The number of nitrogen functional groups attached to an aromatic ring is 1. The van der Waals surface area contributed by atoms with E-state index >= 15 is 0 Å². The smallest absolute Gasteiger partial charge is 0.131 e. The van der Waals surface area contributed by atoms with Gasteiger partial charge in [-0.2, -0.15) is 5.10 Å². The Kier molecular flexibility index (Phi) is 3.77. The number of nitrogens with two attached hydrogens (primary N) is 1. The quantitative estimate of drug-likeness (QED) is 0.865. The van der Waals surface area contributed by atoms with Crippen LogP contribution in [0.15, 0.2) is 24.3 Å². The zero-order valence-corrected chi connectivity index (χ0v) is 11.2. The van der Waals surface area contributed by atoms with Crippen molar-refractivity contribution in [3.05, 3.63) is 40.7 Å². The lowest BCUT2D eigenvalue weighted by Gasteiger charge is -2.08. The van der Waals surface area contributed by atoms with Crippen LogP contribution in [0.25, 0.3) is 0 Å². The number of halogens is 1. The van der Waals surface area contributed by atoms with Crippen LogP contribution in [0.1, 0.15) is 18.3 Å². The molecule has 0 bridgehead atoms. The van der Waals surface area contributed by atoms with Crippen molar-refractivity contribution in [2.45, 2.75) is 27.0 Å². The van der Waals surface area contributed by atoms with Crippen LogP contribution in [0.5, 0.6) is 5.75 Å². The molecule has 2 aromatic rings. The fraction of sp³-hybridized carbons (Fsp3) is 0.308. The van der Waals surface area contributed by atoms with Gasteiger partial charge in [-0.05, 0) is 38.1 Å². The van der Waals surface area contributed by atoms with E-state index in [-0.39, 0.29) is 0 Å². The molecule has 0 fully saturated rings. The molecule has 0 aliphatic heterocycles. The molecule has 96 valence electrons. The molecule has 0 aliphatic rings. The SMILES string of the molecule is CCn1nc(C)c(Cl)c1COc1ccc(N)cc1. The zero-order chi connectivity index (χ0) is 13.1. The van der Waals surface area contributed by atoms with E-state index < -0.39 is 0 Å². The van der Waals surface area contributed by atoms with Gasteiger partial charge in [0.05, 0.1) is 16.4 Å². The number of hydrogen-bond acceptors (Lipinski definition) is 3. The first kappa shape index (κ1) is 12.8. The summed E-state index contributed by atoms with van der Waals surface area (Å²) < 4.78 is 7.54. The molecule has 0 aliphatic carbocycles. The van der Waals surface area contributed by atoms with Crippen LogP contribution in [-0.4, -0.2) is 9.78 Å². The number of anilines is 1. The van der Waals surface area contributed by atoms with Crippen LogP contribution in [-0.2, 0) is 13.2 Å². The summed E-state index contributed by atoms with van der Waals surface area (Å²) in [5, 5.41) is 5.01. The van der Waals surface area contributed by atoms with Gasteiger partial charge >= 0.3 is 0 Å². The van der Waals surface area contributed by atoms with Gasteiger partial charge in [-0.25, -0.2) is 0 Å². The van der Waals surface area contributed by atoms with Gasteiger partial charge in [0.15, 0.2) is 0 Å². The lowest BCUT2D eigenvalue weighted by molar-refractivity contribution is 0.292. The maximum absolute atomic E-state index is 6.20. The molecule has 0 radical (unpaired) electrons. The molecule has 0 saturated heterocycles. The Labute approximate surface area is 111 Å². The highest BCUT2D eigenvalue weighted by Crippen LogP contribution is 2.22. The van der Waals surface area contributed by atoms with E-state index in [9.17, 15) is 0 Å². The normalized spacial score (nSPS) is 10.6. The second-order valence-electron chi connectivity index (χ2n) is 4.02. The zero-order valence-electron chi connectivity index (χ0n) is 10.5. The Balaban J connectivity index is 2.12. The van der Waals surface area contributed by atoms with E-state index in [0.29, 0.717) is 11.6 Å². The van der Waals surface area contributed by atoms with Crippen molar-refractivity contribution in [3.8, 4) is 5.75 Å². The first-order valence-corrected chi connectivity index (χ1v) is 6.19. The minimum Gasteiger partial charge on any atom is -0.487 e. The van der Waals surface area contributed by atoms with E-state index in [4.69, 9.17) is 22.1 Å². The molecular formula is C13H16ClN3O. The fourth-order valence-electron chi connectivity index (χ4n) is 1.72. The van der Waals surface area contributed by atoms with Gasteiger partial charge in [0.1, 0.15) is 12.4 Å². The molecule has 0 saturated carbocycles. The van der Waals surface area contributed by atoms with Crippen molar-refractivity contribution in [1.29, 1.82) is 0 Å². The highest BCUT2D eigenvalue weighted by molar-refractivity contribution is 6.31. The van der Waals surface area contributed by atoms with Crippen LogP contribution in [0.2, 0.25) is 5.02 Å². The summed E-state index contributed by atoms with van der Waals surface area (Å²) in [6.07, 6.45) is 0. The standard InChI is InChI=1S/C13H16ClN3O/c1-3-17-12(13(14)9(2)16-17)8-18-11-6-4-10(15)5-7-11/h4-7H,3,8,15H2,1-2H3. The Bertz CT molecular complexity index is 534. The molecule has 2 rings (SSSR count). The number of hydrogen-bond donors (Lipinski definition) is 1. The van der Waals surface area contributed by atoms with Crippen LogP contribution in [0, 0.1) is 6.92 Å². The second-order valence-corrected chi connectivity index (χ2v) is 4.40. The number of aryl methyl sites for hydroxylation is 2. The number of benzene rings is 1. The van der Waals surface area contributed by atoms with Crippen molar-refractivity contribution in [2.24, 2.45) is 0 Å². The Hall–Kier alpha value is -1.68. The molecule has 4 nitrogen and oxygen atoms in total. The van der Waals surface area contributed by atoms with Crippen molar-refractivity contribution in [3.63, 3.8) is 0 Å². The van der Waals surface area contributed by atoms with Gasteiger partial charge < -0.3 is 10.5 Å². The minimum absolute atomic E-state index is 0.400. The lowest BCUT2D eigenvalue weighted by Crippen LogP contribution is -2.06. The largest absolute Gasteiger partial charge is 0.487 e. The first-order chi connectivity index (χ1) is 8.61. The second kappa shape index (κ2) is 5.31. The molecule has 2 N–H and O–H groups in total. The van der Waals surface area contributed by atoms with Crippen LogP contribution >= 0.6 is 11.6 Å². The fourth-order valence-corrected chi connectivity index (χ4v) is 1.91. The number of nitrogens with zero attached hydrogens (tertiary/aromatic N) is 2. The number of ether oxygens (including phenoxy) is 1. The van der Waals surface area contributed by atoms with E-state index in [1.165, 1.54) is 0 Å². The van der Waals surface area contributed by atoms with Gasteiger partial charge in [-0.1, -0.05) is 11.6 Å². The molecule has 0 unspecified atom stereocenters. The van der Waals surface area contributed by atoms with Gasteiger partial charge in [-0.15, -0.1) is 0 Å². The minimum atomic E-state index is 0.400. The predicted molar refractivity (Wildman–Crippen MR) is 72.8 cm³/mol. The molecule has 1 heterocycles. The van der Waals surface area contributed by atoms with Crippen LogP contribution in [0.3, 0.4) is 0 Å². The monoisotopic (exact) mass is 265 g/mol. The van der Waals surface area contributed by atoms with Crippen molar-refractivity contribution in [2.75, 3.05) is 5.73 Å². The van der Waals surface area contributed by atoms with E-state index in [1.807, 2.05) is 30.7 Å². The number of rotatable bonds is 4. The van der Waals surface area contributed by atoms with Crippen molar-refractivity contribution < 1.29 is 4.74 Å². The number of aromatic nitrogens is 2. The van der Waals surface area contributed by atoms with Gasteiger partial charge in [0.2, 0.25) is 0 Å². The topological polar surface area (TPSA) is 53.1 Å². The highest BCUT2D eigenvalue weighted by Gasteiger charge is 2.12. The summed E-state index contributed by atoms with van der Waals surface area (Å²) in [7, 11) is 0. The first-order valence-electron chi connectivity index (χ1n) is 5.82. The molecule has 0 atom stereocenters. The molecule has 5 heteroatoms. The van der Waals surface area contributed by atoms with Gasteiger partial charge in [0.25, 0.3) is 0 Å². The Morgan fingerprint density at radius 1 is 1.33 bits per heavy atom. The summed E-state index contributed by atoms with van der Waals surface area (Å²) >= 11 is 6.20. The molecule has 18 heavy (non-hydrogen) atoms. The van der Waals surface area contributed by atoms with Gasteiger partial charge in [0, 0.05) is 12.2 Å². The molecule has 0 amide bonds. The summed E-state index contributed by atoms with van der Waals surface area (Å²) in [6.45, 7) is 5.09. The van der Waals surface area contributed by atoms with E-state index in [0.717, 1.165) is 29.4 Å². The maximum atomic E-state index is 6.20. The Morgan fingerprint density at radius 2 is 2.00 bits per heavy atom. The van der Waals surface area contributed by atoms with Crippen LogP contribution in [0.4, 0.5) is 5.69 Å². The summed E-state index contributed by atoms with van der Waals surface area (Å²) in [4.78, 5) is 0. The average molecular weight is 266 g/mol.